The van der Waals surface area contributed by atoms with Gasteiger partial charge in [0.05, 0.1) is 7.11 Å². The van der Waals surface area contributed by atoms with Gasteiger partial charge in [-0.15, -0.1) is 0 Å². The van der Waals surface area contributed by atoms with Crippen LogP contribution >= 0.6 is 0 Å². The van der Waals surface area contributed by atoms with E-state index < -0.39 is 0 Å². The molecule has 0 amide bonds. The van der Waals surface area contributed by atoms with E-state index in [1.807, 2.05) is 6.07 Å². The zero-order valence-electron chi connectivity index (χ0n) is 9.94. The van der Waals surface area contributed by atoms with Crippen LogP contribution in [0.1, 0.15) is 12.0 Å². The van der Waals surface area contributed by atoms with Crippen LogP contribution in [-0.4, -0.2) is 13.2 Å². The molecule has 1 saturated carbocycles. The molecule has 1 fully saturated rings. The van der Waals surface area contributed by atoms with Crippen LogP contribution in [0, 0.1) is 31.6 Å². The Morgan fingerprint density at radius 3 is 2.82 bits per heavy atom. The topological polar surface area (TPSA) is 21.3 Å². The Balaban J connectivity index is 1.76. The predicted octanol–water partition coefficient (Wildman–Crippen LogP) is 2.83. The molecular weight excluding hydrogens is 210 g/mol. The number of ether oxygens (including phenoxy) is 1. The van der Waals surface area contributed by atoms with E-state index in [0.717, 1.165) is 18.6 Å². The average Bonchev–Trinajstić information content (AvgIpc) is 2.91. The molecule has 1 aromatic carbocycles. The van der Waals surface area contributed by atoms with E-state index in [2.05, 4.69) is 43.1 Å². The number of hydrogen-bond acceptors (Lipinski definition) is 2. The SMILES string of the molecule is COc1ccc2c(c1)CCC([C]1[CH][CH][CH][CH]1)N2. The average molecular weight is 226 g/mol. The van der Waals surface area contributed by atoms with E-state index in [4.69, 9.17) is 4.74 Å². The lowest BCUT2D eigenvalue weighted by molar-refractivity contribution is 0.414. The number of rotatable bonds is 2. The highest BCUT2D eigenvalue weighted by Gasteiger charge is 2.29. The number of fused-ring (bicyclic) bond motifs is 1. The minimum absolute atomic E-state index is 0.450. The van der Waals surface area contributed by atoms with E-state index in [9.17, 15) is 0 Å². The molecule has 0 spiro atoms. The summed E-state index contributed by atoms with van der Waals surface area (Å²) in [5.74, 6) is 2.32. The van der Waals surface area contributed by atoms with Gasteiger partial charge >= 0.3 is 0 Å². The molecule has 2 heteroatoms. The summed E-state index contributed by atoms with van der Waals surface area (Å²) in [7, 11) is 1.71. The van der Waals surface area contributed by atoms with Crippen molar-refractivity contribution in [3.8, 4) is 5.75 Å². The minimum atomic E-state index is 0.450. The number of methoxy groups -OCH3 is 1. The molecule has 0 saturated heterocycles. The second-order valence-electron chi connectivity index (χ2n) is 4.48. The highest BCUT2D eigenvalue weighted by molar-refractivity contribution is 5.59. The third-order valence-electron chi connectivity index (χ3n) is 3.44. The maximum atomic E-state index is 5.25. The second kappa shape index (κ2) is 4.59. The summed E-state index contributed by atoms with van der Waals surface area (Å²) in [6, 6.07) is 6.71. The van der Waals surface area contributed by atoms with Gasteiger partial charge in [-0.05, 0) is 62.3 Å². The van der Waals surface area contributed by atoms with Gasteiger partial charge in [-0.2, -0.15) is 0 Å². The first kappa shape index (κ1) is 10.9. The van der Waals surface area contributed by atoms with Crippen molar-refractivity contribution < 1.29 is 4.74 Å². The first-order valence-electron chi connectivity index (χ1n) is 6.02. The zero-order valence-corrected chi connectivity index (χ0v) is 9.94. The van der Waals surface area contributed by atoms with Crippen molar-refractivity contribution in [2.75, 3.05) is 12.4 Å². The van der Waals surface area contributed by atoms with Crippen molar-refractivity contribution in [2.45, 2.75) is 18.9 Å². The lowest BCUT2D eigenvalue weighted by atomic mass is 9.88. The first-order valence-corrected chi connectivity index (χ1v) is 6.02. The van der Waals surface area contributed by atoms with Crippen LogP contribution in [0.2, 0.25) is 0 Å². The summed E-state index contributed by atoms with van der Waals surface area (Å²) in [4.78, 5) is 0. The molecule has 1 aliphatic carbocycles. The number of aryl methyl sites for hydroxylation is 1. The van der Waals surface area contributed by atoms with E-state index in [-0.39, 0.29) is 0 Å². The smallest absolute Gasteiger partial charge is 0.119 e. The van der Waals surface area contributed by atoms with Crippen molar-refractivity contribution in [2.24, 2.45) is 0 Å². The molecule has 1 aromatic rings. The Labute approximate surface area is 103 Å². The van der Waals surface area contributed by atoms with Gasteiger partial charge in [-0.3, -0.25) is 0 Å². The molecular formula is C15H16NO. The first-order chi connectivity index (χ1) is 8.36. The summed E-state index contributed by atoms with van der Waals surface area (Å²) in [6.45, 7) is 0. The van der Waals surface area contributed by atoms with E-state index in [0.29, 0.717) is 6.04 Å². The van der Waals surface area contributed by atoms with Gasteiger partial charge < -0.3 is 10.1 Å². The molecule has 1 unspecified atom stereocenters. The molecule has 2 nitrogen and oxygen atoms in total. The quantitative estimate of drug-likeness (QED) is 0.837. The van der Waals surface area contributed by atoms with Gasteiger partial charge in [0.25, 0.3) is 0 Å². The fourth-order valence-electron chi connectivity index (χ4n) is 2.48. The summed E-state index contributed by atoms with van der Waals surface area (Å²) >= 11 is 0. The molecule has 1 heterocycles. The Kier molecular flexibility index (Phi) is 2.96. The largest absolute Gasteiger partial charge is 0.497 e. The Hall–Kier alpha value is -1.18. The van der Waals surface area contributed by atoms with Gasteiger partial charge in [0.15, 0.2) is 0 Å². The lowest BCUT2D eigenvalue weighted by Gasteiger charge is -2.31. The Morgan fingerprint density at radius 1 is 1.24 bits per heavy atom. The van der Waals surface area contributed by atoms with Crippen LogP contribution < -0.4 is 10.1 Å². The third-order valence-corrected chi connectivity index (χ3v) is 3.44. The Morgan fingerprint density at radius 2 is 2.06 bits per heavy atom. The highest BCUT2D eigenvalue weighted by atomic mass is 16.5. The van der Waals surface area contributed by atoms with Crippen molar-refractivity contribution in [1.82, 2.24) is 0 Å². The highest BCUT2D eigenvalue weighted by Crippen LogP contribution is 2.35. The monoisotopic (exact) mass is 226 g/mol. The Bertz CT molecular complexity index is 396. The lowest BCUT2D eigenvalue weighted by Crippen LogP contribution is -2.30. The van der Waals surface area contributed by atoms with Crippen molar-refractivity contribution in [3.63, 3.8) is 0 Å². The normalized spacial score (nSPS) is 24.2. The van der Waals surface area contributed by atoms with Crippen LogP contribution in [0.5, 0.6) is 5.75 Å². The number of benzene rings is 1. The van der Waals surface area contributed by atoms with Gasteiger partial charge in [-0.25, -0.2) is 0 Å². The molecule has 0 aromatic heterocycles. The van der Waals surface area contributed by atoms with Crippen LogP contribution in [0.3, 0.4) is 0 Å². The summed E-state index contributed by atoms with van der Waals surface area (Å²) in [5, 5.41) is 3.60. The predicted molar refractivity (Wildman–Crippen MR) is 69.2 cm³/mol. The number of nitrogens with one attached hydrogen (secondary N) is 1. The zero-order chi connectivity index (χ0) is 11.7. The summed E-state index contributed by atoms with van der Waals surface area (Å²) in [5.41, 5.74) is 2.59. The van der Waals surface area contributed by atoms with Crippen molar-refractivity contribution in [3.05, 3.63) is 55.4 Å². The van der Waals surface area contributed by atoms with Gasteiger partial charge in [0.1, 0.15) is 5.75 Å². The fraction of sp³-hybridized carbons (Fsp3) is 0.267. The molecule has 5 radical (unpaired) electrons. The molecule has 17 heavy (non-hydrogen) atoms. The standard InChI is InChI=1S/C15H16NO/c1-17-13-7-9-15-12(10-13)6-8-14(16-15)11-4-2-3-5-11/h2-5,7,9-10,14,16H,6,8H2,1H3. The second-order valence-corrected chi connectivity index (χ2v) is 4.48. The van der Waals surface area contributed by atoms with Gasteiger partial charge in [0.2, 0.25) is 0 Å². The summed E-state index contributed by atoms with van der Waals surface area (Å²) < 4.78 is 5.25. The van der Waals surface area contributed by atoms with Crippen LogP contribution in [0.25, 0.3) is 0 Å². The van der Waals surface area contributed by atoms with Crippen LogP contribution in [0.15, 0.2) is 18.2 Å². The molecule has 2 aliphatic rings. The summed E-state index contributed by atoms with van der Waals surface area (Å²) in [6.07, 6.45) is 10.8. The molecule has 3 rings (SSSR count). The number of hydrogen-bond donors (Lipinski definition) is 1. The van der Waals surface area contributed by atoms with Gasteiger partial charge in [0, 0.05) is 17.6 Å². The molecule has 87 valence electrons. The number of anilines is 1. The van der Waals surface area contributed by atoms with E-state index >= 15 is 0 Å². The molecule has 1 atom stereocenters. The van der Waals surface area contributed by atoms with E-state index in [1.54, 1.807) is 7.11 Å². The maximum absolute atomic E-state index is 5.25. The molecule has 1 N–H and O–H groups in total. The minimum Gasteiger partial charge on any atom is -0.497 e. The molecule has 1 aliphatic heterocycles. The third kappa shape index (κ3) is 2.13. The van der Waals surface area contributed by atoms with Gasteiger partial charge in [-0.1, -0.05) is 0 Å². The van der Waals surface area contributed by atoms with Crippen molar-refractivity contribution >= 4 is 5.69 Å². The van der Waals surface area contributed by atoms with Crippen LogP contribution in [0.4, 0.5) is 5.69 Å². The molecule has 0 bridgehead atoms. The fourth-order valence-corrected chi connectivity index (χ4v) is 2.48. The van der Waals surface area contributed by atoms with E-state index in [1.165, 1.54) is 17.2 Å². The maximum Gasteiger partial charge on any atom is 0.119 e. The van der Waals surface area contributed by atoms with Crippen molar-refractivity contribution in [1.29, 1.82) is 0 Å². The van der Waals surface area contributed by atoms with Crippen LogP contribution in [-0.2, 0) is 6.42 Å².